The van der Waals surface area contributed by atoms with Gasteiger partial charge in [-0.2, -0.15) is 0 Å². The third-order valence-corrected chi connectivity index (χ3v) is 7.33. The van der Waals surface area contributed by atoms with Crippen LogP contribution < -0.4 is 4.90 Å². The molecule has 0 radical (unpaired) electrons. The van der Waals surface area contributed by atoms with E-state index in [1.54, 1.807) is 0 Å². The van der Waals surface area contributed by atoms with Gasteiger partial charge in [-0.05, 0) is 43.7 Å². The van der Waals surface area contributed by atoms with Gasteiger partial charge in [-0.3, -0.25) is 0 Å². The van der Waals surface area contributed by atoms with Gasteiger partial charge in [0.2, 0.25) is 0 Å². The summed E-state index contributed by atoms with van der Waals surface area (Å²) in [6.45, 7) is 9.16. The molecule has 1 heteroatoms. The van der Waals surface area contributed by atoms with E-state index in [2.05, 4.69) is 69.3 Å². The van der Waals surface area contributed by atoms with E-state index in [9.17, 15) is 0 Å². The van der Waals surface area contributed by atoms with Crippen molar-refractivity contribution in [3.63, 3.8) is 0 Å². The molecule has 0 spiro atoms. The van der Waals surface area contributed by atoms with Crippen LogP contribution in [0.25, 0.3) is 0 Å². The molecule has 0 amide bonds. The molecule has 3 rings (SSSR count). The van der Waals surface area contributed by atoms with Crippen molar-refractivity contribution in [2.24, 2.45) is 17.8 Å². The van der Waals surface area contributed by atoms with Crippen LogP contribution in [-0.2, 0) is 0 Å². The van der Waals surface area contributed by atoms with Crippen LogP contribution in [-0.4, -0.2) is 0 Å². The molecule has 160 valence electrons. The Kier molecular flexibility index (Phi) is 8.45. The molecule has 1 atom stereocenters. The highest BCUT2D eigenvalue weighted by Gasteiger charge is 2.24. The first-order valence-electron chi connectivity index (χ1n) is 12.3. The first-order valence-corrected chi connectivity index (χ1v) is 12.3. The lowest BCUT2D eigenvalue weighted by Crippen LogP contribution is -2.23. The minimum absolute atomic E-state index is 0.579. The van der Waals surface area contributed by atoms with Crippen molar-refractivity contribution in [1.29, 1.82) is 0 Å². The van der Waals surface area contributed by atoms with E-state index in [0.29, 0.717) is 5.92 Å². The molecule has 0 aromatic heterocycles. The zero-order valence-electron chi connectivity index (χ0n) is 19.4. The Bertz CT molecular complexity index is 649. The molecule has 1 aliphatic heterocycles. The summed E-state index contributed by atoms with van der Waals surface area (Å²) in [6.07, 6.45) is 25.5. The average Bonchev–Trinajstić information content (AvgIpc) is 2.68. The van der Waals surface area contributed by atoms with Crippen LogP contribution in [0.1, 0.15) is 94.2 Å². The first-order chi connectivity index (χ1) is 14.1. The van der Waals surface area contributed by atoms with Gasteiger partial charge in [0.05, 0.1) is 5.69 Å². The summed E-state index contributed by atoms with van der Waals surface area (Å²) >= 11 is 0. The summed E-state index contributed by atoms with van der Waals surface area (Å²) in [4.78, 5) is 2.33. The number of nitrogens with zero attached hydrogens (tertiary/aromatic N) is 1. The predicted molar refractivity (Wildman–Crippen MR) is 128 cm³/mol. The van der Waals surface area contributed by atoms with Crippen molar-refractivity contribution in [3.8, 4) is 0 Å². The fourth-order valence-electron chi connectivity index (χ4n) is 5.61. The van der Waals surface area contributed by atoms with Crippen molar-refractivity contribution < 1.29 is 0 Å². The average molecular weight is 394 g/mol. The van der Waals surface area contributed by atoms with Crippen LogP contribution in [0.5, 0.6) is 0 Å². The fourth-order valence-corrected chi connectivity index (χ4v) is 5.61. The van der Waals surface area contributed by atoms with Gasteiger partial charge in [0.1, 0.15) is 0 Å². The van der Waals surface area contributed by atoms with Crippen LogP contribution >= 0.6 is 0 Å². The van der Waals surface area contributed by atoms with E-state index in [1.807, 2.05) is 0 Å². The minimum atomic E-state index is 0.579. The fraction of sp³-hybridized carbons (Fsp3) is 0.643. The number of benzene rings is 1. The Labute approximate surface area is 180 Å². The molecule has 1 heterocycles. The Morgan fingerprint density at radius 3 is 1.66 bits per heavy atom. The summed E-state index contributed by atoms with van der Waals surface area (Å²) in [5.74, 6) is 2.20. The monoisotopic (exact) mass is 393 g/mol. The van der Waals surface area contributed by atoms with Crippen molar-refractivity contribution in [2.45, 2.75) is 98.3 Å². The van der Waals surface area contributed by atoms with Gasteiger partial charge >= 0.3 is 0 Å². The summed E-state index contributed by atoms with van der Waals surface area (Å²) in [5.41, 5.74) is 5.42. The van der Waals surface area contributed by atoms with Crippen LogP contribution in [0.15, 0.2) is 36.7 Å². The molecule has 1 aliphatic carbocycles. The number of hydrogen-bond donors (Lipinski definition) is 0. The van der Waals surface area contributed by atoms with Crippen LogP contribution in [0.2, 0.25) is 0 Å². The summed E-state index contributed by atoms with van der Waals surface area (Å²) in [5, 5.41) is 0. The second-order valence-corrected chi connectivity index (χ2v) is 9.79. The van der Waals surface area contributed by atoms with Gasteiger partial charge in [-0.15, -0.1) is 0 Å². The predicted octanol–water partition coefficient (Wildman–Crippen LogP) is 8.63. The molecule has 1 fully saturated rings. The second-order valence-electron chi connectivity index (χ2n) is 9.79. The molecule has 1 nitrogen and oxygen atoms in total. The maximum absolute atomic E-state index is 2.51. The third-order valence-electron chi connectivity index (χ3n) is 7.33. The zero-order valence-corrected chi connectivity index (χ0v) is 19.4. The molecule has 0 N–H and O–H groups in total. The lowest BCUT2D eigenvalue weighted by Gasteiger charge is -2.32. The lowest BCUT2D eigenvalue weighted by molar-refractivity contribution is 0.262. The molecule has 1 unspecified atom stereocenters. The number of aryl methyl sites for hydroxylation is 3. The lowest BCUT2D eigenvalue weighted by atomic mass is 9.77. The molecule has 29 heavy (non-hydrogen) atoms. The SMILES string of the molecule is Cc1cc(C)c(N2C=CC(C(C)C3CCCCCCCCCCC3)C=C2)c(C)c1. The maximum atomic E-state index is 2.51. The van der Waals surface area contributed by atoms with Crippen LogP contribution in [0.3, 0.4) is 0 Å². The quantitative estimate of drug-likeness (QED) is 0.496. The van der Waals surface area contributed by atoms with Gasteiger partial charge in [0.25, 0.3) is 0 Å². The van der Waals surface area contributed by atoms with Crippen molar-refractivity contribution in [1.82, 2.24) is 0 Å². The maximum Gasteiger partial charge on any atom is 0.0507 e. The van der Waals surface area contributed by atoms with Gasteiger partial charge in [-0.25, -0.2) is 0 Å². The number of anilines is 1. The normalized spacial score (nSPS) is 21.6. The molecule has 0 bridgehead atoms. The van der Waals surface area contributed by atoms with E-state index >= 15 is 0 Å². The summed E-state index contributed by atoms with van der Waals surface area (Å²) in [7, 11) is 0. The molecule has 0 saturated heterocycles. The standard InChI is InChI=1S/C28H43N/c1-22-20-23(2)28(24(3)21-22)29-18-16-27(17-19-29)25(4)26-14-12-10-8-6-5-7-9-11-13-15-26/h16-21,25-27H,5-15H2,1-4H3. The highest BCUT2D eigenvalue weighted by molar-refractivity contribution is 5.64. The zero-order chi connectivity index (χ0) is 20.6. The molecular weight excluding hydrogens is 350 g/mol. The van der Waals surface area contributed by atoms with E-state index in [0.717, 1.165) is 11.8 Å². The minimum Gasteiger partial charge on any atom is -0.324 e. The molecule has 1 aromatic rings. The van der Waals surface area contributed by atoms with Gasteiger partial charge in [0, 0.05) is 18.3 Å². The van der Waals surface area contributed by atoms with Crippen molar-refractivity contribution >= 4 is 5.69 Å². The van der Waals surface area contributed by atoms with Crippen LogP contribution in [0.4, 0.5) is 5.69 Å². The Morgan fingerprint density at radius 1 is 0.724 bits per heavy atom. The number of rotatable bonds is 3. The third kappa shape index (κ3) is 6.24. The van der Waals surface area contributed by atoms with E-state index in [1.165, 1.54) is 93.0 Å². The van der Waals surface area contributed by atoms with Crippen molar-refractivity contribution in [2.75, 3.05) is 4.90 Å². The Balaban J connectivity index is 1.63. The van der Waals surface area contributed by atoms with Crippen molar-refractivity contribution in [3.05, 3.63) is 53.4 Å². The Hall–Kier alpha value is -1.50. The van der Waals surface area contributed by atoms with Gasteiger partial charge in [0.15, 0.2) is 0 Å². The van der Waals surface area contributed by atoms with E-state index in [4.69, 9.17) is 0 Å². The highest BCUT2D eigenvalue weighted by atomic mass is 15.1. The molecule has 2 aliphatic rings. The number of allylic oxidation sites excluding steroid dienone is 2. The van der Waals surface area contributed by atoms with Gasteiger partial charge < -0.3 is 4.90 Å². The summed E-state index contributed by atoms with van der Waals surface area (Å²) < 4.78 is 0. The van der Waals surface area contributed by atoms with Crippen LogP contribution in [0, 0.1) is 38.5 Å². The van der Waals surface area contributed by atoms with Gasteiger partial charge in [-0.1, -0.05) is 107 Å². The Morgan fingerprint density at radius 2 is 1.17 bits per heavy atom. The molecule has 1 aromatic carbocycles. The summed E-state index contributed by atoms with van der Waals surface area (Å²) in [6, 6.07) is 4.59. The topological polar surface area (TPSA) is 3.24 Å². The largest absolute Gasteiger partial charge is 0.324 e. The van der Waals surface area contributed by atoms with E-state index < -0.39 is 0 Å². The second kappa shape index (κ2) is 11.0. The molecule has 1 saturated carbocycles. The first kappa shape index (κ1) is 22.2. The smallest absolute Gasteiger partial charge is 0.0507 e. The van der Waals surface area contributed by atoms with E-state index in [-0.39, 0.29) is 0 Å². The number of hydrogen-bond acceptors (Lipinski definition) is 1. The highest BCUT2D eigenvalue weighted by Crippen LogP contribution is 2.35. The molecular formula is C28H43N.